The highest BCUT2D eigenvalue weighted by Crippen LogP contribution is 2.25. The van der Waals surface area contributed by atoms with E-state index in [9.17, 15) is 14.7 Å². The predicted molar refractivity (Wildman–Crippen MR) is 90.4 cm³/mol. The summed E-state index contributed by atoms with van der Waals surface area (Å²) in [5.74, 6) is -0.956. The van der Waals surface area contributed by atoms with Gasteiger partial charge in [-0.1, -0.05) is 18.2 Å². The number of hydrogen-bond donors (Lipinski definition) is 2. The van der Waals surface area contributed by atoms with E-state index in [0.29, 0.717) is 0 Å². The van der Waals surface area contributed by atoms with Gasteiger partial charge in [-0.15, -0.1) is 11.3 Å². The van der Waals surface area contributed by atoms with Gasteiger partial charge in [-0.2, -0.15) is 0 Å². The molecule has 2 rings (SSSR count). The molecule has 0 aliphatic carbocycles. The lowest BCUT2D eigenvalue weighted by Crippen LogP contribution is -2.46. The predicted octanol–water partition coefficient (Wildman–Crippen LogP) is 2.26. The Morgan fingerprint density at radius 2 is 2.00 bits per heavy atom. The molecule has 0 saturated heterocycles. The molecule has 6 heteroatoms. The first-order valence-corrected chi connectivity index (χ1v) is 8.26. The second-order valence-electron chi connectivity index (χ2n) is 6.27. The van der Waals surface area contributed by atoms with E-state index in [4.69, 9.17) is 4.74 Å². The van der Waals surface area contributed by atoms with Crippen molar-refractivity contribution in [3.05, 3.63) is 35.2 Å². The molecule has 1 aromatic carbocycles. The lowest BCUT2D eigenvalue weighted by Gasteiger charge is -2.23. The minimum absolute atomic E-state index is 0.156. The van der Waals surface area contributed by atoms with Gasteiger partial charge in [-0.05, 0) is 43.2 Å². The van der Waals surface area contributed by atoms with Crippen LogP contribution in [-0.4, -0.2) is 35.2 Å². The van der Waals surface area contributed by atoms with Gasteiger partial charge >= 0.3 is 5.97 Å². The van der Waals surface area contributed by atoms with E-state index in [1.54, 1.807) is 32.1 Å². The van der Waals surface area contributed by atoms with E-state index in [0.717, 1.165) is 15.6 Å². The van der Waals surface area contributed by atoms with Crippen LogP contribution < -0.4 is 5.32 Å². The van der Waals surface area contributed by atoms with Gasteiger partial charge in [-0.25, -0.2) is 4.79 Å². The van der Waals surface area contributed by atoms with E-state index < -0.39 is 24.2 Å². The molecule has 124 valence electrons. The van der Waals surface area contributed by atoms with E-state index in [1.165, 1.54) is 0 Å². The fraction of sp³-hybridized carbons (Fsp3) is 0.412. The monoisotopic (exact) mass is 335 g/mol. The number of benzene rings is 1. The van der Waals surface area contributed by atoms with Crippen molar-refractivity contribution in [2.45, 2.75) is 38.8 Å². The third-order valence-corrected chi connectivity index (χ3v) is 4.13. The molecule has 2 N–H and O–H groups in total. The summed E-state index contributed by atoms with van der Waals surface area (Å²) in [6.07, 6.45) is 0.156. The van der Waals surface area contributed by atoms with E-state index in [-0.39, 0.29) is 12.3 Å². The van der Waals surface area contributed by atoms with Crippen LogP contribution in [0.5, 0.6) is 0 Å². The number of hydrogen-bond acceptors (Lipinski definition) is 5. The van der Waals surface area contributed by atoms with Gasteiger partial charge in [0, 0.05) is 4.70 Å². The first-order chi connectivity index (χ1) is 10.8. The van der Waals surface area contributed by atoms with Crippen molar-refractivity contribution < 1.29 is 19.4 Å². The number of ether oxygens (including phenoxy) is 1. The van der Waals surface area contributed by atoms with Crippen molar-refractivity contribution in [1.29, 1.82) is 0 Å². The number of aliphatic hydroxyl groups excluding tert-OH is 1. The van der Waals surface area contributed by atoms with Gasteiger partial charge < -0.3 is 15.2 Å². The first-order valence-electron chi connectivity index (χ1n) is 7.38. The molecule has 23 heavy (non-hydrogen) atoms. The zero-order valence-corrected chi connectivity index (χ0v) is 14.3. The average Bonchev–Trinajstić information content (AvgIpc) is 2.86. The summed E-state index contributed by atoms with van der Waals surface area (Å²) in [7, 11) is 0. The molecule has 0 fully saturated rings. The summed E-state index contributed by atoms with van der Waals surface area (Å²) in [6, 6.07) is 6.79. The summed E-state index contributed by atoms with van der Waals surface area (Å²) >= 11 is 1.57. The minimum Gasteiger partial charge on any atom is -0.458 e. The average molecular weight is 335 g/mol. The minimum atomic E-state index is -1.05. The van der Waals surface area contributed by atoms with Gasteiger partial charge in [0.15, 0.2) is 6.04 Å². The Morgan fingerprint density at radius 1 is 1.30 bits per heavy atom. The third kappa shape index (κ3) is 4.77. The lowest BCUT2D eigenvalue weighted by molar-refractivity contribution is -0.159. The molecular weight excluding hydrogens is 314 g/mol. The maximum Gasteiger partial charge on any atom is 0.331 e. The Morgan fingerprint density at radius 3 is 2.65 bits per heavy atom. The Bertz CT molecular complexity index is 702. The maximum absolute atomic E-state index is 12.2. The molecular formula is C17H21NO4S. The standard InChI is InChI=1S/C17H21NO4S/c1-17(2,3)22-16(21)13(9-19)18-15(20)8-11-10-23-14-7-5-4-6-12(11)14/h4-7,10,13,19H,8-9H2,1-3H3,(H,18,20)/t13-/m0/s1. The van der Waals surface area contributed by atoms with Crippen molar-refractivity contribution in [3.63, 3.8) is 0 Å². The molecule has 1 amide bonds. The molecule has 0 saturated carbocycles. The molecule has 5 nitrogen and oxygen atoms in total. The quantitative estimate of drug-likeness (QED) is 0.822. The second kappa shape index (κ2) is 7.10. The number of aliphatic hydroxyl groups is 1. The third-order valence-electron chi connectivity index (χ3n) is 3.12. The number of rotatable bonds is 5. The van der Waals surface area contributed by atoms with Crippen LogP contribution in [0.1, 0.15) is 26.3 Å². The van der Waals surface area contributed by atoms with Crippen LogP contribution in [0.4, 0.5) is 0 Å². The normalized spacial score (nSPS) is 12.9. The number of amides is 1. The van der Waals surface area contributed by atoms with E-state index in [1.807, 2.05) is 29.6 Å². The maximum atomic E-state index is 12.2. The Hall–Kier alpha value is -1.92. The van der Waals surface area contributed by atoms with E-state index >= 15 is 0 Å². The largest absolute Gasteiger partial charge is 0.458 e. The molecule has 1 aromatic heterocycles. The number of fused-ring (bicyclic) bond motifs is 1. The first kappa shape index (κ1) is 17.4. The van der Waals surface area contributed by atoms with Crippen molar-refractivity contribution in [3.8, 4) is 0 Å². The molecule has 0 aliphatic heterocycles. The molecule has 0 radical (unpaired) electrons. The number of nitrogens with one attached hydrogen (secondary N) is 1. The molecule has 0 unspecified atom stereocenters. The molecule has 1 atom stereocenters. The van der Waals surface area contributed by atoms with Crippen molar-refractivity contribution in [2.75, 3.05) is 6.61 Å². The van der Waals surface area contributed by atoms with Crippen LogP contribution in [0.3, 0.4) is 0 Å². The smallest absolute Gasteiger partial charge is 0.331 e. The van der Waals surface area contributed by atoms with Crippen LogP contribution >= 0.6 is 11.3 Å². The SMILES string of the molecule is CC(C)(C)OC(=O)[C@H](CO)NC(=O)Cc1csc2ccccc12. The summed E-state index contributed by atoms with van der Waals surface area (Å²) in [6.45, 7) is 4.71. The highest BCUT2D eigenvalue weighted by molar-refractivity contribution is 7.17. The number of carbonyl (C=O) groups is 2. The summed E-state index contributed by atoms with van der Waals surface area (Å²) < 4.78 is 6.30. The molecule has 2 aromatic rings. The zero-order valence-electron chi connectivity index (χ0n) is 13.5. The van der Waals surface area contributed by atoms with Crippen molar-refractivity contribution >= 4 is 33.3 Å². The van der Waals surface area contributed by atoms with Crippen LogP contribution in [0.2, 0.25) is 0 Å². The number of esters is 1. The van der Waals surface area contributed by atoms with Gasteiger partial charge in [0.05, 0.1) is 13.0 Å². The number of thiophene rings is 1. The van der Waals surface area contributed by atoms with Gasteiger partial charge in [0.25, 0.3) is 0 Å². The number of carbonyl (C=O) groups excluding carboxylic acids is 2. The molecule has 1 heterocycles. The molecule has 0 aliphatic rings. The highest BCUT2D eigenvalue weighted by atomic mass is 32.1. The van der Waals surface area contributed by atoms with Crippen molar-refractivity contribution in [2.24, 2.45) is 0 Å². The Labute approximate surface area is 139 Å². The summed E-state index contributed by atoms with van der Waals surface area (Å²) in [5.41, 5.74) is 0.239. The van der Waals surface area contributed by atoms with Crippen molar-refractivity contribution in [1.82, 2.24) is 5.32 Å². The van der Waals surface area contributed by atoms with Crippen LogP contribution in [0.25, 0.3) is 10.1 Å². The Balaban J connectivity index is 2.01. The van der Waals surface area contributed by atoms with Gasteiger partial charge in [-0.3, -0.25) is 4.79 Å². The topological polar surface area (TPSA) is 75.6 Å². The van der Waals surface area contributed by atoms with Crippen LogP contribution in [0, 0.1) is 0 Å². The van der Waals surface area contributed by atoms with Crippen LogP contribution in [-0.2, 0) is 20.7 Å². The van der Waals surface area contributed by atoms with Crippen LogP contribution in [0.15, 0.2) is 29.6 Å². The fourth-order valence-corrected chi connectivity index (χ4v) is 3.10. The summed E-state index contributed by atoms with van der Waals surface area (Å²) in [5, 5.41) is 14.8. The molecule has 0 spiro atoms. The van der Waals surface area contributed by atoms with E-state index in [2.05, 4.69) is 5.32 Å². The lowest BCUT2D eigenvalue weighted by atomic mass is 10.1. The van der Waals surface area contributed by atoms with Gasteiger partial charge in [0.1, 0.15) is 5.60 Å². The summed E-state index contributed by atoms with van der Waals surface area (Å²) in [4.78, 5) is 24.1. The Kier molecular flexibility index (Phi) is 5.38. The van der Waals surface area contributed by atoms with Gasteiger partial charge in [0.2, 0.25) is 5.91 Å². The second-order valence-corrected chi connectivity index (χ2v) is 7.18. The highest BCUT2D eigenvalue weighted by Gasteiger charge is 2.26. The fourth-order valence-electron chi connectivity index (χ4n) is 2.14. The zero-order chi connectivity index (χ0) is 17.0. The molecule has 0 bridgehead atoms.